The van der Waals surface area contributed by atoms with Crippen molar-refractivity contribution in [3.05, 3.63) is 45.5 Å². The van der Waals surface area contributed by atoms with Crippen LogP contribution in [0, 0.1) is 5.92 Å². The molecule has 1 aliphatic rings. The summed E-state index contributed by atoms with van der Waals surface area (Å²) < 4.78 is 5.94. The van der Waals surface area contributed by atoms with Gasteiger partial charge in [0.15, 0.2) is 0 Å². The van der Waals surface area contributed by atoms with Crippen molar-refractivity contribution in [3.8, 4) is 0 Å². The SMILES string of the molecule is O=C(NCc1ccc(Cl)s1)C1CC(=O)N(Cc2ccco2)C1. The Morgan fingerprint density at radius 2 is 2.32 bits per heavy atom. The number of nitrogens with one attached hydrogen (secondary N) is 1. The average molecular weight is 339 g/mol. The van der Waals surface area contributed by atoms with Crippen LogP contribution in [-0.4, -0.2) is 23.3 Å². The maximum Gasteiger partial charge on any atom is 0.225 e. The van der Waals surface area contributed by atoms with Crippen LogP contribution in [0.15, 0.2) is 34.9 Å². The Morgan fingerprint density at radius 1 is 1.45 bits per heavy atom. The Morgan fingerprint density at radius 3 is 3.00 bits per heavy atom. The minimum atomic E-state index is -0.308. The molecule has 2 aromatic heterocycles. The number of amides is 2. The second-order valence-electron chi connectivity index (χ2n) is 5.18. The number of rotatable bonds is 5. The molecule has 1 aliphatic heterocycles. The number of hydrogen-bond donors (Lipinski definition) is 1. The predicted octanol–water partition coefficient (Wildman–Crippen LogP) is 2.66. The molecule has 3 heterocycles. The summed E-state index contributed by atoms with van der Waals surface area (Å²) in [6.45, 7) is 1.28. The highest BCUT2D eigenvalue weighted by Gasteiger charge is 2.34. The summed E-state index contributed by atoms with van der Waals surface area (Å²) in [6, 6.07) is 7.29. The first-order chi connectivity index (χ1) is 10.6. The number of carbonyl (C=O) groups excluding carboxylic acids is 2. The van der Waals surface area contributed by atoms with Gasteiger partial charge in [0.05, 0.1) is 29.6 Å². The second-order valence-corrected chi connectivity index (χ2v) is 6.98. The molecule has 1 unspecified atom stereocenters. The van der Waals surface area contributed by atoms with E-state index in [1.54, 1.807) is 23.3 Å². The number of halogens is 1. The lowest BCUT2D eigenvalue weighted by Crippen LogP contribution is -2.32. The van der Waals surface area contributed by atoms with Crippen molar-refractivity contribution in [2.45, 2.75) is 19.5 Å². The van der Waals surface area contributed by atoms with Gasteiger partial charge in [-0.2, -0.15) is 0 Å². The van der Waals surface area contributed by atoms with Crippen LogP contribution in [0.4, 0.5) is 0 Å². The number of hydrogen-bond acceptors (Lipinski definition) is 4. The van der Waals surface area contributed by atoms with E-state index >= 15 is 0 Å². The fraction of sp³-hybridized carbons (Fsp3) is 0.333. The van der Waals surface area contributed by atoms with Gasteiger partial charge in [-0.3, -0.25) is 9.59 Å². The van der Waals surface area contributed by atoms with Gasteiger partial charge in [-0.1, -0.05) is 11.6 Å². The summed E-state index contributed by atoms with van der Waals surface area (Å²) in [7, 11) is 0. The van der Waals surface area contributed by atoms with Gasteiger partial charge in [0.2, 0.25) is 11.8 Å². The molecule has 0 bridgehead atoms. The van der Waals surface area contributed by atoms with E-state index in [0.29, 0.717) is 24.0 Å². The number of thiophene rings is 1. The van der Waals surface area contributed by atoms with Crippen LogP contribution in [0.3, 0.4) is 0 Å². The molecule has 1 fully saturated rings. The van der Waals surface area contributed by atoms with Gasteiger partial charge in [0, 0.05) is 17.8 Å². The Balaban J connectivity index is 1.52. The fourth-order valence-electron chi connectivity index (χ4n) is 2.46. The Bertz CT molecular complexity index is 668. The van der Waals surface area contributed by atoms with Gasteiger partial charge in [0.1, 0.15) is 5.76 Å². The topological polar surface area (TPSA) is 62.6 Å². The Kier molecular flexibility index (Phi) is 4.49. The molecule has 3 rings (SSSR count). The first-order valence-corrected chi connectivity index (χ1v) is 8.13. The van der Waals surface area contributed by atoms with Crippen molar-refractivity contribution in [2.24, 2.45) is 5.92 Å². The van der Waals surface area contributed by atoms with E-state index in [1.807, 2.05) is 12.1 Å². The highest BCUT2D eigenvalue weighted by molar-refractivity contribution is 7.16. The Hall–Kier alpha value is -1.79. The molecule has 5 nitrogen and oxygen atoms in total. The molecule has 0 aromatic carbocycles. The lowest BCUT2D eigenvalue weighted by molar-refractivity contribution is -0.129. The zero-order valence-corrected chi connectivity index (χ0v) is 13.3. The smallest absolute Gasteiger partial charge is 0.225 e. The van der Waals surface area contributed by atoms with E-state index in [4.69, 9.17) is 16.0 Å². The normalized spacial score (nSPS) is 18.0. The highest BCUT2D eigenvalue weighted by atomic mass is 35.5. The third-order valence-corrected chi connectivity index (χ3v) is 4.81. The average Bonchev–Trinajstić information content (AvgIpc) is 3.20. The zero-order valence-electron chi connectivity index (χ0n) is 11.8. The first kappa shape index (κ1) is 15.1. The Labute approximate surface area is 136 Å². The molecular weight excluding hydrogens is 324 g/mol. The number of nitrogens with zero attached hydrogens (tertiary/aromatic N) is 1. The summed E-state index contributed by atoms with van der Waals surface area (Å²) >= 11 is 7.29. The maximum absolute atomic E-state index is 12.2. The van der Waals surface area contributed by atoms with Crippen LogP contribution in [0.5, 0.6) is 0 Å². The molecular formula is C15H15ClN2O3S. The van der Waals surface area contributed by atoms with Gasteiger partial charge in [0.25, 0.3) is 0 Å². The highest BCUT2D eigenvalue weighted by Crippen LogP contribution is 2.23. The van der Waals surface area contributed by atoms with Gasteiger partial charge in [-0.05, 0) is 24.3 Å². The monoisotopic (exact) mass is 338 g/mol. The number of likely N-dealkylation sites (tertiary alicyclic amines) is 1. The van der Waals surface area contributed by atoms with Gasteiger partial charge in [-0.25, -0.2) is 0 Å². The second kappa shape index (κ2) is 6.54. The van der Waals surface area contributed by atoms with Gasteiger partial charge in [-0.15, -0.1) is 11.3 Å². The van der Waals surface area contributed by atoms with Crippen molar-refractivity contribution in [1.29, 1.82) is 0 Å². The van der Waals surface area contributed by atoms with Crippen LogP contribution < -0.4 is 5.32 Å². The van der Waals surface area contributed by atoms with E-state index < -0.39 is 0 Å². The predicted molar refractivity (Wildman–Crippen MR) is 83.4 cm³/mol. The summed E-state index contributed by atoms with van der Waals surface area (Å²) in [5.41, 5.74) is 0. The fourth-order valence-corrected chi connectivity index (χ4v) is 3.48. The molecule has 0 aliphatic carbocycles. The lowest BCUT2D eigenvalue weighted by Gasteiger charge is -2.14. The molecule has 1 atom stereocenters. The van der Waals surface area contributed by atoms with Gasteiger partial charge >= 0.3 is 0 Å². The molecule has 0 spiro atoms. The van der Waals surface area contributed by atoms with Crippen LogP contribution in [0.25, 0.3) is 0 Å². The standard InChI is InChI=1S/C15H15ClN2O3S/c16-13-4-3-12(22-13)7-17-15(20)10-6-14(19)18(8-10)9-11-2-1-5-21-11/h1-5,10H,6-9H2,(H,17,20). The van der Waals surface area contributed by atoms with Crippen LogP contribution in [-0.2, 0) is 22.7 Å². The molecule has 1 saturated heterocycles. The molecule has 22 heavy (non-hydrogen) atoms. The van der Waals surface area contributed by atoms with Crippen LogP contribution >= 0.6 is 22.9 Å². The number of furan rings is 1. The van der Waals surface area contributed by atoms with E-state index in [1.165, 1.54) is 11.3 Å². The quantitative estimate of drug-likeness (QED) is 0.911. The molecule has 2 aromatic rings. The minimum Gasteiger partial charge on any atom is -0.467 e. The van der Waals surface area contributed by atoms with E-state index in [-0.39, 0.29) is 24.2 Å². The zero-order chi connectivity index (χ0) is 15.5. The molecule has 0 saturated carbocycles. The van der Waals surface area contributed by atoms with Crippen molar-refractivity contribution in [3.63, 3.8) is 0 Å². The lowest BCUT2D eigenvalue weighted by atomic mass is 10.1. The van der Waals surface area contributed by atoms with E-state index in [9.17, 15) is 9.59 Å². The number of carbonyl (C=O) groups is 2. The first-order valence-electron chi connectivity index (χ1n) is 6.94. The summed E-state index contributed by atoms with van der Waals surface area (Å²) in [4.78, 5) is 26.8. The molecule has 2 amide bonds. The largest absolute Gasteiger partial charge is 0.467 e. The van der Waals surface area contributed by atoms with Crippen molar-refractivity contribution < 1.29 is 14.0 Å². The van der Waals surface area contributed by atoms with Crippen molar-refractivity contribution >= 4 is 34.8 Å². The maximum atomic E-state index is 12.2. The third-order valence-electron chi connectivity index (χ3n) is 3.58. The molecule has 0 radical (unpaired) electrons. The molecule has 7 heteroatoms. The van der Waals surface area contributed by atoms with Crippen molar-refractivity contribution in [1.82, 2.24) is 10.2 Å². The van der Waals surface area contributed by atoms with E-state index in [0.717, 1.165) is 10.6 Å². The summed E-state index contributed by atoms with van der Waals surface area (Å²) in [5.74, 6) is 0.302. The van der Waals surface area contributed by atoms with E-state index in [2.05, 4.69) is 5.32 Å². The van der Waals surface area contributed by atoms with Gasteiger partial charge < -0.3 is 14.6 Å². The summed E-state index contributed by atoms with van der Waals surface area (Å²) in [6.07, 6.45) is 1.82. The molecule has 1 N–H and O–H groups in total. The summed E-state index contributed by atoms with van der Waals surface area (Å²) in [5, 5.41) is 2.86. The minimum absolute atomic E-state index is 0.0179. The molecule has 116 valence electrons. The van der Waals surface area contributed by atoms with Crippen molar-refractivity contribution in [2.75, 3.05) is 6.54 Å². The van der Waals surface area contributed by atoms with Crippen LogP contribution in [0.1, 0.15) is 17.1 Å². The third kappa shape index (κ3) is 3.51. The van der Waals surface area contributed by atoms with Crippen LogP contribution in [0.2, 0.25) is 4.34 Å².